The summed E-state index contributed by atoms with van der Waals surface area (Å²) in [5.41, 5.74) is -0.00495. The lowest BCUT2D eigenvalue weighted by Gasteiger charge is -2.36. The van der Waals surface area contributed by atoms with Crippen LogP contribution < -0.4 is 0 Å². The van der Waals surface area contributed by atoms with Crippen molar-refractivity contribution in [3.63, 3.8) is 0 Å². The zero-order valence-corrected chi connectivity index (χ0v) is 9.86. The number of rotatable bonds is 4. The van der Waals surface area contributed by atoms with Gasteiger partial charge in [-0.1, -0.05) is 22.4 Å². The monoisotopic (exact) mass is 234 g/mol. The molecule has 0 aromatic carbocycles. The molecule has 0 spiro atoms. The van der Waals surface area contributed by atoms with Crippen molar-refractivity contribution in [3.8, 4) is 0 Å². The lowest BCUT2D eigenvalue weighted by molar-refractivity contribution is -0.0867. The summed E-state index contributed by atoms with van der Waals surface area (Å²) in [6.07, 6.45) is 4.55. The maximum absolute atomic E-state index is 5.94. The van der Waals surface area contributed by atoms with Crippen LogP contribution in [0.2, 0.25) is 0 Å². The fourth-order valence-corrected chi connectivity index (χ4v) is 1.67. The first-order valence-corrected chi connectivity index (χ1v) is 5.91. The summed E-state index contributed by atoms with van der Waals surface area (Å²) in [5, 5.41) is 0.914. The second kappa shape index (κ2) is 4.10. The number of alkyl halides is 1. The van der Waals surface area contributed by atoms with Crippen LogP contribution in [0.15, 0.2) is 0 Å². The molecule has 1 nitrogen and oxygen atoms in total. The molecular weight excluding hydrogens is 216 g/mol. The van der Waals surface area contributed by atoms with Crippen LogP contribution in [0, 0.1) is 5.92 Å². The minimum atomic E-state index is -0.00495. The van der Waals surface area contributed by atoms with Crippen molar-refractivity contribution >= 4 is 15.9 Å². The number of halogens is 1. The van der Waals surface area contributed by atoms with Crippen molar-refractivity contribution in [2.75, 3.05) is 5.33 Å². The van der Waals surface area contributed by atoms with Crippen molar-refractivity contribution in [2.45, 2.75) is 51.7 Å². The molecule has 1 aliphatic carbocycles. The molecule has 1 fully saturated rings. The van der Waals surface area contributed by atoms with Crippen LogP contribution in [-0.2, 0) is 4.74 Å². The summed E-state index contributed by atoms with van der Waals surface area (Å²) in [6.45, 7) is 6.47. The van der Waals surface area contributed by atoms with Gasteiger partial charge in [-0.2, -0.15) is 0 Å². The molecule has 1 rings (SSSR count). The highest BCUT2D eigenvalue weighted by molar-refractivity contribution is 9.09. The standard InChI is InChI=1S/C10H19BrO/c1-8(9-5-4-6-9)12-10(2,3)7-11/h8-9H,4-7H2,1-3H3. The first kappa shape index (κ1) is 10.5. The first-order valence-electron chi connectivity index (χ1n) is 4.79. The van der Waals surface area contributed by atoms with E-state index in [0.29, 0.717) is 6.10 Å². The van der Waals surface area contributed by atoms with Gasteiger partial charge in [-0.3, -0.25) is 0 Å². The van der Waals surface area contributed by atoms with Crippen LogP contribution in [0.4, 0.5) is 0 Å². The molecule has 1 aliphatic rings. The van der Waals surface area contributed by atoms with Gasteiger partial charge < -0.3 is 4.74 Å². The number of ether oxygens (including phenoxy) is 1. The van der Waals surface area contributed by atoms with Crippen molar-refractivity contribution in [2.24, 2.45) is 5.92 Å². The molecule has 0 aromatic heterocycles. The Kier molecular flexibility index (Phi) is 3.59. The fraction of sp³-hybridized carbons (Fsp3) is 1.00. The van der Waals surface area contributed by atoms with E-state index in [9.17, 15) is 0 Å². The van der Waals surface area contributed by atoms with Crippen LogP contribution >= 0.6 is 15.9 Å². The smallest absolute Gasteiger partial charge is 0.0726 e. The van der Waals surface area contributed by atoms with Crippen molar-refractivity contribution in [1.29, 1.82) is 0 Å². The molecule has 1 saturated carbocycles. The van der Waals surface area contributed by atoms with E-state index in [1.807, 2.05) is 0 Å². The topological polar surface area (TPSA) is 9.23 Å². The third kappa shape index (κ3) is 2.74. The Morgan fingerprint density at radius 3 is 2.42 bits per heavy atom. The normalized spacial score (nSPS) is 22.0. The zero-order valence-electron chi connectivity index (χ0n) is 8.27. The Labute approximate surface area is 84.0 Å². The van der Waals surface area contributed by atoms with Crippen LogP contribution in [0.5, 0.6) is 0 Å². The Balaban J connectivity index is 2.28. The molecule has 1 unspecified atom stereocenters. The van der Waals surface area contributed by atoms with Gasteiger partial charge in [0.2, 0.25) is 0 Å². The molecule has 0 saturated heterocycles. The van der Waals surface area contributed by atoms with Gasteiger partial charge in [0.1, 0.15) is 0 Å². The van der Waals surface area contributed by atoms with E-state index in [2.05, 4.69) is 36.7 Å². The maximum Gasteiger partial charge on any atom is 0.0726 e. The van der Waals surface area contributed by atoms with Gasteiger partial charge >= 0.3 is 0 Å². The Bertz CT molecular complexity index is 141. The first-order chi connectivity index (χ1) is 5.55. The van der Waals surface area contributed by atoms with Crippen molar-refractivity contribution in [3.05, 3.63) is 0 Å². The zero-order chi connectivity index (χ0) is 9.19. The highest BCUT2D eigenvalue weighted by Crippen LogP contribution is 2.33. The van der Waals surface area contributed by atoms with Crippen LogP contribution in [0.1, 0.15) is 40.0 Å². The highest BCUT2D eigenvalue weighted by Gasteiger charge is 2.29. The number of hydrogen-bond donors (Lipinski definition) is 0. The molecule has 0 bridgehead atoms. The van der Waals surface area contributed by atoms with Gasteiger partial charge in [0.05, 0.1) is 11.7 Å². The molecule has 12 heavy (non-hydrogen) atoms. The van der Waals surface area contributed by atoms with Crippen molar-refractivity contribution < 1.29 is 4.74 Å². The van der Waals surface area contributed by atoms with E-state index >= 15 is 0 Å². The Morgan fingerprint density at radius 1 is 1.50 bits per heavy atom. The molecule has 0 N–H and O–H groups in total. The maximum atomic E-state index is 5.94. The molecule has 0 amide bonds. The molecule has 0 heterocycles. The van der Waals surface area contributed by atoms with Crippen LogP contribution in [-0.4, -0.2) is 17.0 Å². The summed E-state index contributed by atoms with van der Waals surface area (Å²) in [4.78, 5) is 0. The van der Waals surface area contributed by atoms with Gasteiger partial charge in [0, 0.05) is 5.33 Å². The minimum Gasteiger partial charge on any atom is -0.371 e. The summed E-state index contributed by atoms with van der Waals surface area (Å²) in [5.74, 6) is 0.823. The van der Waals surface area contributed by atoms with E-state index in [4.69, 9.17) is 4.74 Å². The van der Waals surface area contributed by atoms with Gasteiger partial charge in [-0.05, 0) is 39.5 Å². The predicted molar refractivity (Wildman–Crippen MR) is 55.8 cm³/mol. The molecule has 0 radical (unpaired) electrons. The van der Waals surface area contributed by atoms with Crippen LogP contribution in [0.3, 0.4) is 0 Å². The van der Waals surface area contributed by atoms with E-state index in [-0.39, 0.29) is 5.60 Å². The fourth-order valence-electron chi connectivity index (χ4n) is 1.54. The van der Waals surface area contributed by atoms with Crippen LogP contribution in [0.25, 0.3) is 0 Å². The van der Waals surface area contributed by atoms with E-state index in [0.717, 1.165) is 11.2 Å². The third-order valence-corrected chi connectivity index (χ3v) is 3.99. The third-order valence-electron chi connectivity index (χ3n) is 2.64. The average molecular weight is 235 g/mol. The summed E-state index contributed by atoms with van der Waals surface area (Å²) in [6, 6.07) is 0. The molecular formula is C10H19BrO. The van der Waals surface area contributed by atoms with Gasteiger partial charge in [0.15, 0.2) is 0 Å². The molecule has 1 atom stereocenters. The van der Waals surface area contributed by atoms with E-state index in [1.54, 1.807) is 0 Å². The van der Waals surface area contributed by atoms with Crippen molar-refractivity contribution in [1.82, 2.24) is 0 Å². The molecule has 0 aliphatic heterocycles. The Morgan fingerprint density at radius 2 is 2.08 bits per heavy atom. The average Bonchev–Trinajstić information content (AvgIpc) is 1.82. The summed E-state index contributed by atoms with van der Waals surface area (Å²) < 4.78 is 5.94. The predicted octanol–water partition coefficient (Wildman–Crippen LogP) is 3.37. The van der Waals surface area contributed by atoms with E-state index in [1.165, 1.54) is 19.3 Å². The number of hydrogen-bond acceptors (Lipinski definition) is 1. The van der Waals surface area contributed by atoms with Gasteiger partial charge in [-0.15, -0.1) is 0 Å². The largest absolute Gasteiger partial charge is 0.371 e. The molecule has 0 aromatic rings. The lowest BCUT2D eigenvalue weighted by atomic mass is 9.81. The second-order valence-electron chi connectivity index (χ2n) is 4.41. The second-order valence-corrected chi connectivity index (χ2v) is 4.97. The highest BCUT2D eigenvalue weighted by atomic mass is 79.9. The minimum absolute atomic E-state index is 0.00495. The SMILES string of the molecule is CC(OC(C)(C)CBr)C1CCC1. The summed E-state index contributed by atoms with van der Waals surface area (Å²) in [7, 11) is 0. The van der Waals surface area contributed by atoms with Gasteiger partial charge in [0.25, 0.3) is 0 Å². The molecule has 72 valence electrons. The van der Waals surface area contributed by atoms with Gasteiger partial charge in [-0.25, -0.2) is 0 Å². The Hall–Kier alpha value is 0.440. The lowest BCUT2D eigenvalue weighted by Crippen LogP contribution is -2.36. The summed E-state index contributed by atoms with van der Waals surface area (Å²) >= 11 is 3.46. The van der Waals surface area contributed by atoms with E-state index < -0.39 is 0 Å². The molecule has 2 heteroatoms. The quantitative estimate of drug-likeness (QED) is 0.679.